The van der Waals surface area contributed by atoms with E-state index in [1.807, 2.05) is 0 Å². The van der Waals surface area contributed by atoms with Gasteiger partial charge in [-0.3, -0.25) is 0 Å². The molecule has 17 heavy (non-hydrogen) atoms. The van der Waals surface area contributed by atoms with Crippen LogP contribution in [-0.2, 0) is 0 Å². The van der Waals surface area contributed by atoms with Gasteiger partial charge in [0.2, 0.25) is 0 Å². The first-order valence-electron chi connectivity index (χ1n) is 7.99. The molecule has 104 valence electrons. The number of thiol groups is 1. The molecule has 1 atom stereocenters. The number of hydrogen-bond acceptors (Lipinski definition) is 1. The Morgan fingerprint density at radius 1 is 0.588 bits per heavy atom. The number of rotatable bonds is 13. The Morgan fingerprint density at radius 3 is 1.35 bits per heavy atom. The first kappa shape index (κ1) is 17.4. The molecule has 0 bridgehead atoms. The zero-order chi connectivity index (χ0) is 12.8. The van der Waals surface area contributed by atoms with E-state index in [1.165, 1.54) is 83.5 Å². The average molecular weight is 259 g/mol. The molecule has 0 aromatic rings. The highest BCUT2D eigenvalue weighted by molar-refractivity contribution is 7.80. The Labute approximate surface area is 115 Å². The third kappa shape index (κ3) is 14.3. The summed E-state index contributed by atoms with van der Waals surface area (Å²) in [6.07, 6.45) is 18.1. The summed E-state index contributed by atoms with van der Waals surface area (Å²) in [6, 6.07) is 0. The van der Waals surface area contributed by atoms with E-state index in [0.717, 1.165) is 0 Å². The molecule has 0 aliphatic heterocycles. The Kier molecular flexibility index (Phi) is 14.7. The minimum atomic E-state index is 0.669. The van der Waals surface area contributed by atoms with E-state index in [9.17, 15) is 0 Å². The van der Waals surface area contributed by atoms with E-state index in [1.54, 1.807) is 0 Å². The smallest absolute Gasteiger partial charge is 0.00168 e. The summed E-state index contributed by atoms with van der Waals surface area (Å²) >= 11 is 4.70. The van der Waals surface area contributed by atoms with Crippen LogP contribution in [0.25, 0.3) is 0 Å². The highest BCUT2D eigenvalue weighted by Crippen LogP contribution is 2.17. The lowest BCUT2D eigenvalue weighted by Crippen LogP contribution is -1.98. The fourth-order valence-electron chi connectivity index (χ4n) is 2.29. The lowest BCUT2D eigenvalue weighted by molar-refractivity contribution is 0.547. The minimum absolute atomic E-state index is 0.669. The van der Waals surface area contributed by atoms with Crippen molar-refractivity contribution in [1.82, 2.24) is 0 Å². The van der Waals surface area contributed by atoms with Gasteiger partial charge in [0.05, 0.1) is 0 Å². The third-order valence-corrected chi connectivity index (χ3v) is 4.05. The van der Waals surface area contributed by atoms with Crippen LogP contribution < -0.4 is 0 Å². The van der Waals surface area contributed by atoms with E-state index < -0.39 is 0 Å². The summed E-state index contributed by atoms with van der Waals surface area (Å²) in [4.78, 5) is 0. The van der Waals surface area contributed by atoms with E-state index >= 15 is 0 Å². The van der Waals surface area contributed by atoms with E-state index in [2.05, 4.69) is 13.8 Å². The Morgan fingerprint density at radius 2 is 0.941 bits per heavy atom. The predicted octanol–water partition coefficient (Wildman–Crippen LogP) is 6.40. The minimum Gasteiger partial charge on any atom is -0.176 e. The molecule has 0 saturated carbocycles. The maximum Gasteiger partial charge on any atom is 0.00168 e. The summed E-state index contributed by atoms with van der Waals surface area (Å²) in [5, 5.41) is 0.669. The van der Waals surface area contributed by atoms with Crippen LogP contribution in [0, 0.1) is 0 Å². The fourth-order valence-corrected chi connectivity index (χ4v) is 2.65. The van der Waals surface area contributed by atoms with Gasteiger partial charge in [-0.15, -0.1) is 0 Å². The quantitative estimate of drug-likeness (QED) is 0.287. The van der Waals surface area contributed by atoms with E-state index in [0.29, 0.717) is 5.25 Å². The van der Waals surface area contributed by atoms with E-state index in [-0.39, 0.29) is 0 Å². The standard InChI is InChI=1S/C16H34S/c1-3-5-7-9-11-13-15-16(17)14-12-10-8-6-4-2/h16-17H,3-15H2,1-2H3. The van der Waals surface area contributed by atoms with Crippen molar-refractivity contribution in [3.05, 3.63) is 0 Å². The van der Waals surface area contributed by atoms with Gasteiger partial charge in [0, 0.05) is 5.25 Å². The molecule has 0 aliphatic rings. The molecule has 0 radical (unpaired) electrons. The Balaban J connectivity index is 3.09. The van der Waals surface area contributed by atoms with Crippen LogP contribution in [0.1, 0.15) is 97.3 Å². The molecule has 0 spiro atoms. The van der Waals surface area contributed by atoms with Crippen molar-refractivity contribution < 1.29 is 0 Å². The van der Waals surface area contributed by atoms with Crippen molar-refractivity contribution in [2.45, 2.75) is 103 Å². The van der Waals surface area contributed by atoms with Crippen LogP contribution in [0.2, 0.25) is 0 Å². The maximum atomic E-state index is 4.70. The molecular formula is C16H34S. The second kappa shape index (κ2) is 14.4. The summed E-state index contributed by atoms with van der Waals surface area (Å²) < 4.78 is 0. The largest absolute Gasteiger partial charge is 0.176 e. The van der Waals surface area contributed by atoms with Crippen molar-refractivity contribution in [2.24, 2.45) is 0 Å². The molecule has 0 fully saturated rings. The average Bonchev–Trinajstić information content (AvgIpc) is 2.33. The monoisotopic (exact) mass is 258 g/mol. The van der Waals surface area contributed by atoms with Gasteiger partial charge in [-0.2, -0.15) is 12.6 Å². The Hall–Kier alpha value is 0.350. The molecule has 0 aromatic carbocycles. The molecule has 0 aliphatic carbocycles. The van der Waals surface area contributed by atoms with Gasteiger partial charge in [-0.1, -0.05) is 84.5 Å². The second-order valence-electron chi connectivity index (χ2n) is 5.41. The van der Waals surface area contributed by atoms with Gasteiger partial charge in [0.25, 0.3) is 0 Å². The van der Waals surface area contributed by atoms with Crippen molar-refractivity contribution in [3.63, 3.8) is 0 Å². The SMILES string of the molecule is CCCCCCCCC(S)CCCCCCC. The fraction of sp³-hybridized carbons (Fsp3) is 1.00. The van der Waals surface area contributed by atoms with Gasteiger partial charge >= 0.3 is 0 Å². The molecule has 0 nitrogen and oxygen atoms in total. The molecular weight excluding hydrogens is 224 g/mol. The molecule has 0 rings (SSSR count). The van der Waals surface area contributed by atoms with Crippen LogP contribution >= 0.6 is 12.6 Å². The second-order valence-corrected chi connectivity index (χ2v) is 6.14. The third-order valence-electron chi connectivity index (χ3n) is 3.53. The summed E-state index contributed by atoms with van der Waals surface area (Å²) in [5.74, 6) is 0. The molecule has 0 amide bonds. The lowest BCUT2D eigenvalue weighted by Gasteiger charge is -2.10. The van der Waals surface area contributed by atoms with Crippen LogP contribution in [0.5, 0.6) is 0 Å². The van der Waals surface area contributed by atoms with Crippen LogP contribution in [0.3, 0.4) is 0 Å². The summed E-state index contributed by atoms with van der Waals surface area (Å²) in [7, 11) is 0. The highest BCUT2D eigenvalue weighted by Gasteiger charge is 2.02. The van der Waals surface area contributed by atoms with Crippen molar-refractivity contribution in [2.75, 3.05) is 0 Å². The van der Waals surface area contributed by atoms with Crippen LogP contribution in [0.15, 0.2) is 0 Å². The predicted molar refractivity (Wildman–Crippen MR) is 84.1 cm³/mol. The van der Waals surface area contributed by atoms with Gasteiger partial charge in [-0.25, -0.2) is 0 Å². The van der Waals surface area contributed by atoms with Crippen LogP contribution in [0.4, 0.5) is 0 Å². The number of unbranched alkanes of at least 4 members (excludes halogenated alkanes) is 9. The molecule has 0 saturated heterocycles. The van der Waals surface area contributed by atoms with Gasteiger partial charge in [0.15, 0.2) is 0 Å². The van der Waals surface area contributed by atoms with Crippen molar-refractivity contribution in [1.29, 1.82) is 0 Å². The highest BCUT2D eigenvalue weighted by atomic mass is 32.1. The van der Waals surface area contributed by atoms with Crippen LogP contribution in [-0.4, -0.2) is 5.25 Å². The molecule has 0 aromatic heterocycles. The lowest BCUT2D eigenvalue weighted by atomic mass is 10.0. The van der Waals surface area contributed by atoms with Crippen molar-refractivity contribution >= 4 is 12.6 Å². The number of hydrogen-bond donors (Lipinski definition) is 1. The van der Waals surface area contributed by atoms with E-state index in [4.69, 9.17) is 12.6 Å². The van der Waals surface area contributed by atoms with Gasteiger partial charge in [-0.05, 0) is 12.8 Å². The first-order chi connectivity index (χ1) is 8.31. The summed E-state index contributed by atoms with van der Waals surface area (Å²) in [6.45, 7) is 4.56. The zero-order valence-electron chi connectivity index (χ0n) is 12.2. The molecule has 1 unspecified atom stereocenters. The van der Waals surface area contributed by atoms with Gasteiger partial charge in [0.1, 0.15) is 0 Å². The topological polar surface area (TPSA) is 0 Å². The van der Waals surface area contributed by atoms with Crippen molar-refractivity contribution in [3.8, 4) is 0 Å². The molecule has 0 heterocycles. The maximum absolute atomic E-state index is 4.70. The summed E-state index contributed by atoms with van der Waals surface area (Å²) in [5.41, 5.74) is 0. The Bertz CT molecular complexity index is 133. The molecule has 1 heteroatoms. The zero-order valence-corrected chi connectivity index (χ0v) is 13.1. The first-order valence-corrected chi connectivity index (χ1v) is 8.51. The normalized spacial score (nSPS) is 12.9. The van der Waals surface area contributed by atoms with Gasteiger partial charge < -0.3 is 0 Å². The molecule has 0 N–H and O–H groups in total.